The molecule has 1 heterocycles. The molecule has 1 fully saturated rings. The normalized spacial score (nSPS) is 21.1. The first-order valence-corrected chi connectivity index (χ1v) is 6.55. The molecule has 0 aliphatic carbocycles. The lowest BCUT2D eigenvalue weighted by molar-refractivity contribution is -0.127. The van der Waals surface area contributed by atoms with E-state index in [9.17, 15) is 4.79 Å². The second-order valence-corrected chi connectivity index (χ2v) is 5.67. The molecule has 2 rings (SSSR count). The Kier molecular flexibility index (Phi) is 3.46. The number of amides is 1. The van der Waals surface area contributed by atoms with Crippen LogP contribution < -0.4 is 0 Å². The van der Waals surface area contributed by atoms with Gasteiger partial charge >= 0.3 is 0 Å². The minimum atomic E-state index is 0.0182. The van der Waals surface area contributed by atoms with Crippen LogP contribution in [0.4, 0.5) is 0 Å². The zero-order valence-corrected chi connectivity index (χ0v) is 11.3. The van der Waals surface area contributed by atoms with Crippen molar-refractivity contribution in [3.63, 3.8) is 0 Å². The first-order chi connectivity index (χ1) is 7.16. The molecular weight excluding hydrogens is 322 g/mol. The Bertz CT molecular complexity index is 381. The van der Waals surface area contributed by atoms with E-state index >= 15 is 0 Å². The van der Waals surface area contributed by atoms with Crippen molar-refractivity contribution in [2.75, 3.05) is 6.54 Å². The Hall–Kier alpha value is -0.350. The molecule has 1 aromatic carbocycles. The molecule has 0 saturated carbocycles. The van der Waals surface area contributed by atoms with Gasteiger partial charge in [-0.3, -0.25) is 4.79 Å². The Balaban J connectivity index is 2.06. The average Bonchev–Trinajstić information content (AvgIpc) is 2.50. The predicted octanol–water partition coefficient (Wildman–Crippen LogP) is 2.94. The summed E-state index contributed by atoms with van der Waals surface area (Å²) in [6.07, 6.45) is 0.910. The highest BCUT2D eigenvalue weighted by Gasteiger charge is 2.28. The molecule has 2 nitrogen and oxygen atoms in total. The van der Waals surface area contributed by atoms with Gasteiger partial charge in [-0.15, -0.1) is 0 Å². The number of carbonyl (C=O) groups is 1. The van der Waals surface area contributed by atoms with Gasteiger partial charge in [0.2, 0.25) is 5.91 Å². The van der Waals surface area contributed by atoms with Crippen molar-refractivity contribution in [2.45, 2.75) is 17.8 Å². The van der Waals surface area contributed by atoms with Crippen molar-refractivity contribution in [1.82, 2.24) is 4.90 Å². The standard InChI is InChI=1S/C11H11Br2NO/c12-9-3-1-2-8(6-9)7-14-5-4-10(13)11(14)15/h1-3,6,10H,4-5,7H2. The Morgan fingerprint density at radius 3 is 2.87 bits per heavy atom. The van der Waals surface area contributed by atoms with Gasteiger partial charge in [-0.2, -0.15) is 0 Å². The molecule has 15 heavy (non-hydrogen) atoms. The average molecular weight is 333 g/mol. The summed E-state index contributed by atoms with van der Waals surface area (Å²) in [5, 5.41) is 0. The van der Waals surface area contributed by atoms with E-state index in [0.29, 0.717) is 6.54 Å². The molecule has 0 bridgehead atoms. The molecule has 1 amide bonds. The number of carbonyl (C=O) groups excluding carboxylic acids is 1. The summed E-state index contributed by atoms with van der Waals surface area (Å²) >= 11 is 6.80. The van der Waals surface area contributed by atoms with Crippen molar-refractivity contribution >= 4 is 37.8 Å². The number of rotatable bonds is 2. The molecule has 0 aromatic heterocycles. The molecule has 0 spiro atoms. The lowest BCUT2D eigenvalue weighted by Crippen LogP contribution is -2.26. The van der Waals surface area contributed by atoms with Crippen LogP contribution in [0.25, 0.3) is 0 Å². The lowest BCUT2D eigenvalue weighted by Gasteiger charge is -2.15. The molecule has 80 valence electrons. The zero-order valence-electron chi connectivity index (χ0n) is 8.12. The number of halogens is 2. The van der Waals surface area contributed by atoms with Crippen LogP contribution in [0.1, 0.15) is 12.0 Å². The molecule has 0 N–H and O–H groups in total. The van der Waals surface area contributed by atoms with Crippen molar-refractivity contribution < 1.29 is 4.79 Å². The van der Waals surface area contributed by atoms with Crippen molar-refractivity contribution in [3.8, 4) is 0 Å². The monoisotopic (exact) mass is 331 g/mol. The summed E-state index contributed by atoms with van der Waals surface area (Å²) in [5.74, 6) is 0.204. The van der Waals surface area contributed by atoms with Crippen molar-refractivity contribution in [1.29, 1.82) is 0 Å². The number of hydrogen-bond donors (Lipinski definition) is 0. The molecule has 4 heteroatoms. The first kappa shape index (κ1) is 11.1. The molecule has 1 unspecified atom stereocenters. The zero-order chi connectivity index (χ0) is 10.8. The van der Waals surface area contributed by atoms with E-state index in [1.54, 1.807) is 0 Å². The van der Waals surface area contributed by atoms with Crippen LogP contribution >= 0.6 is 31.9 Å². The fourth-order valence-electron chi connectivity index (χ4n) is 1.71. The van der Waals surface area contributed by atoms with Crippen LogP contribution in [0.15, 0.2) is 28.7 Å². The van der Waals surface area contributed by atoms with E-state index in [-0.39, 0.29) is 10.7 Å². The third kappa shape index (κ3) is 2.61. The van der Waals surface area contributed by atoms with Gasteiger partial charge in [0.15, 0.2) is 0 Å². The molecule has 1 aliphatic rings. The maximum absolute atomic E-state index is 11.7. The molecule has 0 radical (unpaired) electrons. The van der Waals surface area contributed by atoms with E-state index in [2.05, 4.69) is 37.9 Å². The number of benzene rings is 1. The fraction of sp³-hybridized carbons (Fsp3) is 0.364. The predicted molar refractivity (Wildman–Crippen MR) is 66.9 cm³/mol. The smallest absolute Gasteiger partial charge is 0.236 e. The van der Waals surface area contributed by atoms with Crippen LogP contribution in [0.2, 0.25) is 0 Å². The fourth-order valence-corrected chi connectivity index (χ4v) is 2.65. The molecule has 1 aromatic rings. The van der Waals surface area contributed by atoms with E-state index in [4.69, 9.17) is 0 Å². The number of nitrogens with zero attached hydrogens (tertiary/aromatic N) is 1. The number of hydrogen-bond acceptors (Lipinski definition) is 1. The molecule has 1 atom stereocenters. The second kappa shape index (κ2) is 4.66. The molecule has 1 saturated heterocycles. The van der Waals surface area contributed by atoms with Gasteiger partial charge in [-0.1, -0.05) is 44.0 Å². The van der Waals surface area contributed by atoms with Crippen LogP contribution in [0, 0.1) is 0 Å². The molecule has 1 aliphatic heterocycles. The Morgan fingerprint density at radius 1 is 1.47 bits per heavy atom. The third-order valence-electron chi connectivity index (χ3n) is 2.49. The molecular formula is C11H11Br2NO. The van der Waals surface area contributed by atoms with Gasteiger partial charge in [0, 0.05) is 17.6 Å². The highest BCUT2D eigenvalue weighted by molar-refractivity contribution is 9.10. The van der Waals surface area contributed by atoms with E-state index in [0.717, 1.165) is 17.4 Å². The van der Waals surface area contributed by atoms with Gasteiger partial charge in [0.05, 0.1) is 4.83 Å². The summed E-state index contributed by atoms with van der Waals surface area (Å²) in [4.78, 5) is 13.6. The maximum atomic E-state index is 11.7. The summed E-state index contributed by atoms with van der Waals surface area (Å²) in [6.45, 7) is 1.56. The van der Waals surface area contributed by atoms with Gasteiger partial charge in [-0.25, -0.2) is 0 Å². The van der Waals surface area contributed by atoms with E-state index in [1.165, 1.54) is 5.56 Å². The van der Waals surface area contributed by atoms with Crippen LogP contribution in [0.5, 0.6) is 0 Å². The minimum Gasteiger partial charge on any atom is -0.337 e. The topological polar surface area (TPSA) is 20.3 Å². The van der Waals surface area contributed by atoms with E-state index in [1.807, 2.05) is 23.1 Å². The summed E-state index contributed by atoms with van der Waals surface area (Å²) in [7, 11) is 0. The maximum Gasteiger partial charge on any atom is 0.236 e. The van der Waals surface area contributed by atoms with Crippen LogP contribution in [-0.4, -0.2) is 22.2 Å². The third-order valence-corrected chi connectivity index (χ3v) is 3.84. The number of alkyl halides is 1. The SMILES string of the molecule is O=C1C(Br)CCN1Cc1cccc(Br)c1. The first-order valence-electron chi connectivity index (χ1n) is 4.84. The largest absolute Gasteiger partial charge is 0.337 e. The van der Waals surface area contributed by atoms with Crippen LogP contribution in [-0.2, 0) is 11.3 Å². The summed E-state index contributed by atoms with van der Waals surface area (Å²) < 4.78 is 1.06. The van der Waals surface area contributed by atoms with Gasteiger partial charge < -0.3 is 4.90 Å². The van der Waals surface area contributed by atoms with Crippen molar-refractivity contribution in [3.05, 3.63) is 34.3 Å². The minimum absolute atomic E-state index is 0.0182. The van der Waals surface area contributed by atoms with Crippen molar-refractivity contribution in [2.24, 2.45) is 0 Å². The highest BCUT2D eigenvalue weighted by atomic mass is 79.9. The van der Waals surface area contributed by atoms with E-state index < -0.39 is 0 Å². The lowest BCUT2D eigenvalue weighted by atomic mass is 10.2. The van der Waals surface area contributed by atoms with Gasteiger partial charge in [0.1, 0.15) is 0 Å². The second-order valence-electron chi connectivity index (χ2n) is 3.65. The quantitative estimate of drug-likeness (QED) is 0.762. The van der Waals surface area contributed by atoms with Crippen LogP contribution in [0.3, 0.4) is 0 Å². The Labute approximate surface area is 106 Å². The summed E-state index contributed by atoms with van der Waals surface area (Å²) in [5.41, 5.74) is 1.17. The van der Waals surface area contributed by atoms with Gasteiger partial charge in [-0.05, 0) is 24.1 Å². The summed E-state index contributed by atoms with van der Waals surface area (Å²) in [6, 6.07) is 8.07. The highest BCUT2D eigenvalue weighted by Crippen LogP contribution is 2.21. The number of likely N-dealkylation sites (tertiary alicyclic amines) is 1. The van der Waals surface area contributed by atoms with Gasteiger partial charge in [0.25, 0.3) is 0 Å². The Morgan fingerprint density at radius 2 is 2.27 bits per heavy atom.